The van der Waals surface area contributed by atoms with Gasteiger partial charge in [-0.2, -0.15) is 5.53 Å². The Hall–Kier alpha value is -3.76. The molecule has 0 atom stereocenters. The number of rotatable bonds is 7. The molecule has 0 fully saturated rings. The number of hydrogen-bond donors (Lipinski definition) is 3. The first-order valence-electron chi connectivity index (χ1n) is 11.0. The molecule has 0 spiro atoms. The summed E-state index contributed by atoms with van der Waals surface area (Å²) < 4.78 is 12.0. The molecule has 16 nitrogen and oxygen atoms in total. The van der Waals surface area contributed by atoms with Crippen molar-refractivity contribution in [3.05, 3.63) is 24.3 Å². The first kappa shape index (κ1) is 39.7. The van der Waals surface area contributed by atoms with E-state index in [1.54, 1.807) is 27.7 Å². The molecule has 4 N–H and O–H groups in total. The Morgan fingerprint density at radius 2 is 1.44 bits per heavy atom. The molecule has 0 bridgehead atoms. The van der Waals surface area contributed by atoms with Crippen LogP contribution < -0.4 is 11.1 Å². The zero-order chi connectivity index (χ0) is 29.7. The third-order valence-electron chi connectivity index (χ3n) is 3.58. The summed E-state index contributed by atoms with van der Waals surface area (Å²) in [4.78, 5) is 67.0. The number of carbonyl (C=O) groups is 6. The van der Waals surface area contributed by atoms with Crippen molar-refractivity contribution in [3.63, 3.8) is 0 Å². The Morgan fingerprint density at radius 3 is 1.69 bits per heavy atom. The van der Waals surface area contributed by atoms with E-state index in [0.717, 1.165) is 9.80 Å². The standard InChI is InChI=1S/C11H16N2O4.C6H8N2O2.C4H8O2.ClHN4.ClH/c1-11(2,3)17-10(16)12-6-7-13-8(14)4-5-9(13)15;7-3-4-8-5(9)1-2-6(8)10;1-3-6-4(2)5;1-3-5-4-2;/h4-5H,6-7H2,1-3H3,(H,12,16);1-2H,3-4,7H2;3H2,1-2H3;2H;1H. The third kappa shape index (κ3) is 20.9. The Balaban J connectivity index is -0.000000499. The maximum atomic E-state index is 11.3. The van der Waals surface area contributed by atoms with Crippen molar-refractivity contribution in [2.45, 2.75) is 40.2 Å². The maximum absolute atomic E-state index is 11.3. The summed E-state index contributed by atoms with van der Waals surface area (Å²) in [6.07, 6.45) is 4.34. The smallest absolute Gasteiger partial charge is 0.407 e. The van der Waals surface area contributed by atoms with Crippen LogP contribution in [0.5, 0.6) is 0 Å². The second-order valence-corrected chi connectivity index (χ2v) is 7.88. The number of halogens is 2. The van der Waals surface area contributed by atoms with Crippen molar-refractivity contribution in [1.29, 1.82) is 5.53 Å². The van der Waals surface area contributed by atoms with Crippen LogP contribution in [0.4, 0.5) is 4.79 Å². The molecular weight excluding hydrogens is 563 g/mol. The molecule has 0 unspecified atom stereocenters. The molecule has 18 heteroatoms. The van der Waals surface area contributed by atoms with Gasteiger partial charge in [0.1, 0.15) is 5.60 Å². The van der Waals surface area contributed by atoms with Gasteiger partial charge in [-0.1, -0.05) is 4.63 Å². The van der Waals surface area contributed by atoms with E-state index in [1.165, 1.54) is 31.2 Å². The third-order valence-corrected chi connectivity index (χ3v) is 3.65. The molecule has 5 amide bonds. The highest BCUT2D eigenvalue weighted by Crippen LogP contribution is 2.06. The van der Waals surface area contributed by atoms with Crippen LogP contribution in [0.25, 0.3) is 0 Å². The molecule has 2 rings (SSSR count). The SMILES string of the molecule is CC(C)(C)OC(=O)NCCN1C(=O)C=CC1=O.CCOC(C)=O.Cl.N=NN=NCl.NCCN1C(=O)C=CC1=O. The zero-order valence-corrected chi connectivity index (χ0v) is 23.8. The summed E-state index contributed by atoms with van der Waals surface area (Å²) in [6, 6.07) is 0. The van der Waals surface area contributed by atoms with Gasteiger partial charge in [-0.05, 0) is 38.1 Å². The number of nitrogens with two attached hydrogens (primary N) is 1. The van der Waals surface area contributed by atoms with Gasteiger partial charge in [-0.3, -0.25) is 33.8 Å². The van der Waals surface area contributed by atoms with Crippen LogP contribution in [-0.4, -0.2) is 83.9 Å². The van der Waals surface area contributed by atoms with E-state index in [4.69, 9.17) is 16.0 Å². The fourth-order valence-corrected chi connectivity index (χ4v) is 2.27. The molecule has 0 aliphatic carbocycles. The van der Waals surface area contributed by atoms with Crippen LogP contribution in [0.1, 0.15) is 34.6 Å². The number of imide groups is 2. The number of alkyl carbamates (subject to hydrolysis) is 1. The molecule has 0 saturated heterocycles. The second kappa shape index (κ2) is 22.2. The number of ether oxygens (including phenoxy) is 2. The molecule has 2 aliphatic rings. The van der Waals surface area contributed by atoms with E-state index in [1.807, 2.05) is 0 Å². The molecule has 39 heavy (non-hydrogen) atoms. The van der Waals surface area contributed by atoms with Crippen LogP contribution in [0.2, 0.25) is 0 Å². The lowest BCUT2D eigenvalue weighted by Gasteiger charge is -2.20. The fourth-order valence-electron chi connectivity index (χ4n) is 2.24. The Labute approximate surface area is 236 Å². The van der Waals surface area contributed by atoms with Crippen molar-refractivity contribution < 1.29 is 38.2 Å². The average Bonchev–Trinajstić information content (AvgIpc) is 3.30. The highest BCUT2D eigenvalue weighted by atomic mass is 35.5. The van der Waals surface area contributed by atoms with Gasteiger partial charge in [0, 0.05) is 57.4 Å². The van der Waals surface area contributed by atoms with Crippen molar-refractivity contribution in [1.82, 2.24) is 15.1 Å². The average molecular weight is 597 g/mol. The summed E-state index contributed by atoms with van der Waals surface area (Å²) >= 11 is 4.55. The lowest BCUT2D eigenvalue weighted by atomic mass is 10.2. The predicted molar refractivity (Wildman–Crippen MR) is 140 cm³/mol. The van der Waals surface area contributed by atoms with Gasteiger partial charge in [-0.25, -0.2) is 4.79 Å². The highest BCUT2D eigenvalue weighted by Gasteiger charge is 2.23. The Kier molecular flexibility index (Phi) is 22.7. The lowest BCUT2D eigenvalue weighted by Crippen LogP contribution is -2.40. The van der Waals surface area contributed by atoms with Gasteiger partial charge >= 0.3 is 12.1 Å². The summed E-state index contributed by atoms with van der Waals surface area (Å²) in [5, 5.41) is 7.56. The topological polar surface area (TPSA) is 226 Å². The van der Waals surface area contributed by atoms with Crippen LogP contribution in [0.3, 0.4) is 0 Å². The predicted octanol–water partition coefficient (Wildman–Crippen LogP) is 1.84. The first-order chi connectivity index (χ1) is 17.7. The van der Waals surface area contributed by atoms with Crippen LogP contribution >= 0.6 is 24.2 Å². The number of nitrogens with one attached hydrogen (secondary N) is 2. The Morgan fingerprint density at radius 1 is 1.00 bits per heavy atom. The minimum absolute atomic E-state index is 0. The van der Waals surface area contributed by atoms with Crippen LogP contribution in [0.15, 0.2) is 39.4 Å². The second-order valence-electron chi connectivity index (χ2n) is 7.73. The first-order valence-corrected chi connectivity index (χ1v) is 11.3. The largest absolute Gasteiger partial charge is 0.466 e. The molecule has 0 saturated carbocycles. The van der Waals surface area contributed by atoms with Gasteiger partial charge in [0.2, 0.25) is 0 Å². The van der Waals surface area contributed by atoms with Crippen LogP contribution in [0, 0.1) is 5.53 Å². The number of esters is 1. The van der Waals surface area contributed by atoms with E-state index in [0.29, 0.717) is 19.7 Å². The summed E-state index contributed by atoms with van der Waals surface area (Å²) in [7, 11) is 0. The molecule has 220 valence electrons. The minimum atomic E-state index is -0.565. The number of amides is 5. The van der Waals surface area contributed by atoms with Gasteiger partial charge in [0.25, 0.3) is 23.6 Å². The monoisotopic (exact) mass is 596 g/mol. The molecule has 2 heterocycles. The summed E-state index contributed by atoms with van der Waals surface area (Å²) in [5.74, 6) is -1.47. The van der Waals surface area contributed by atoms with Gasteiger partial charge in [0.05, 0.1) is 18.4 Å². The lowest BCUT2D eigenvalue weighted by molar-refractivity contribution is -0.140. The van der Waals surface area contributed by atoms with Gasteiger partial charge in [-0.15, -0.1) is 12.4 Å². The van der Waals surface area contributed by atoms with Crippen molar-refractivity contribution in [2.75, 3.05) is 32.8 Å². The minimum Gasteiger partial charge on any atom is -0.466 e. The quantitative estimate of drug-likeness (QED) is 0.168. The molecule has 2 aliphatic heterocycles. The highest BCUT2D eigenvalue weighted by molar-refractivity contribution is 6.14. The van der Waals surface area contributed by atoms with Crippen molar-refractivity contribution >= 4 is 59.9 Å². The number of carbonyl (C=O) groups excluding carboxylic acids is 6. The Bertz CT molecular complexity index is 899. The van der Waals surface area contributed by atoms with E-state index in [-0.39, 0.29) is 55.1 Å². The summed E-state index contributed by atoms with van der Waals surface area (Å²) in [5.41, 5.74) is 10.5. The molecule has 0 aromatic heterocycles. The van der Waals surface area contributed by atoms with Crippen LogP contribution in [-0.2, 0) is 33.4 Å². The van der Waals surface area contributed by atoms with Gasteiger partial charge < -0.3 is 20.5 Å². The zero-order valence-electron chi connectivity index (χ0n) is 22.2. The molecule has 0 radical (unpaired) electrons. The van der Waals surface area contributed by atoms with Crippen molar-refractivity contribution in [3.8, 4) is 0 Å². The van der Waals surface area contributed by atoms with Crippen molar-refractivity contribution in [2.24, 2.45) is 20.8 Å². The molecule has 0 aromatic rings. The normalized spacial score (nSPS) is 13.4. The van der Waals surface area contributed by atoms with E-state index in [2.05, 4.69) is 36.9 Å². The van der Waals surface area contributed by atoms with E-state index in [9.17, 15) is 28.8 Å². The molecular formula is C21H34Cl2N8O8. The fraction of sp³-hybridized carbons (Fsp3) is 0.524. The number of hydrogen-bond acceptors (Lipinski definition) is 11. The maximum Gasteiger partial charge on any atom is 0.407 e. The van der Waals surface area contributed by atoms with Gasteiger partial charge in [0.15, 0.2) is 0 Å². The summed E-state index contributed by atoms with van der Waals surface area (Å²) in [6.45, 7) is 9.86. The number of nitrogens with zero attached hydrogens (tertiary/aromatic N) is 5. The van der Waals surface area contributed by atoms with E-state index >= 15 is 0 Å². The molecule has 0 aromatic carbocycles. The van der Waals surface area contributed by atoms with E-state index < -0.39 is 11.7 Å².